The van der Waals surface area contributed by atoms with Crippen molar-refractivity contribution in [3.8, 4) is 11.1 Å². The first kappa shape index (κ1) is 23.7. The number of carboxylic acids is 1. The van der Waals surface area contributed by atoms with Crippen LogP contribution >= 0.6 is 0 Å². The molecule has 0 aromatic heterocycles. The highest BCUT2D eigenvalue weighted by Gasteiger charge is 2.53. The summed E-state index contributed by atoms with van der Waals surface area (Å²) in [7, 11) is 0. The van der Waals surface area contributed by atoms with E-state index >= 15 is 0 Å². The second-order valence-electron chi connectivity index (χ2n) is 8.71. The smallest absolute Gasteiger partial charge is 0.407 e. The van der Waals surface area contributed by atoms with Crippen molar-refractivity contribution in [2.45, 2.75) is 37.6 Å². The first-order chi connectivity index (χ1) is 16.2. The van der Waals surface area contributed by atoms with Crippen molar-refractivity contribution in [2.75, 3.05) is 19.7 Å². The third-order valence-corrected chi connectivity index (χ3v) is 6.54. The number of alkyl halides is 2. The molecular weight excluding hydrogens is 446 g/mol. The van der Waals surface area contributed by atoms with E-state index in [4.69, 9.17) is 9.84 Å². The number of hydrogen-bond acceptors (Lipinski definition) is 4. The molecule has 4 rings (SSSR count). The van der Waals surface area contributed by atoms with Gasteiger partial charge in [-0.2, -0.15) is 0 Å². The number of hydrogen-bond donors (Lipinski definition) is 2. The van der Waals surface area contributed by atoms with E-state index in [0.717, 1.165) is 27.2 Å². The average molecular weight is 472 g/mol. The minimum absolute atomic E-state index is 0.111. The van der Waals surface area contributed by atoms with Crippen LogP contribution in [0.15, 0.2) is 48.5 Å². The maximum Gasteiger partial charge on any atom is 0.407 e. The number of halogens is 2. The standard InChI is InChI=1S/C25H26F2N2O5/c1-2-15(11-22(30)29-12-21(23(31)32)25(26,27)14-29)28-24(33)34-13-20-18-9-5-3-7-16(18)17-8-4-6-10-19(17)20/h3-10,15,20-21H,2,11-14H2,1H3,(H,28,33)(H,31,32). The predicted molar refractivity (Wildman–Crippen MR) is 120 cm³/mol. The summed E-state index contributed by atoms with van der Waals surface area (Å²) in [4.78, 5) is 36.9. The van der Waals surface area contributed by atoms with Crippen LogP contribution < -0.4 is 5.32 Å². The number of benzene rings is 2. The molecule has 1 heterocycles. The van der Waals surface area contributed by atoms with Crippen molar-refractivity contribution < 1.29 is 33.0 Å². The van der Waals surface area contributed by atoms with E-state index in [0.29, 0.717) is 6.42 Å². The summed E-state index contributed by atoms with van der Waals surface area (Å²) in [6.45, 7) is 0.371. The highest BCUT2D eigenvalue weighted by atomic mass is 19.3. The van der Waals surface area contributed by atoms with Gasteiger partial charge in [-0.15, -0.1) is 0 Å². The lowest BCUT2D eigenvalue weighted by atomic mass is 9.98. The molecule has 7 nitrogen and oxygen atoms in total. The Morgan fingerprint density at radius 3 is 2.24 bits per heavy atom. The van der Waals surface area contributed by atoms with Crippen molar-refractivity contribution in [1.82, 2.24) is 10.2 Å². The van der Waals surface area contributed by atoms with Gasteiger partial charge in [0.25, 0.3) is 5.92 Å². The monoisotopic (exact) mass is 472 g/mol. The normalized spacial score (nSPS) is 19.3. The highest BCUT2D eigenvalue weighted by Crippen LogP contribution is 2.44. The number of likely N-dealkylation sites (tertiary alicyclic amines) is 1. The van der Waals surface area contributed by atoms with Crippen LogP contribution in [0.2, 0.25) is 0 Å². The summed E-state index contributed by atoms with van der Waals surface area (Å²) >= 11 is 0. The molecule has 2 amide bonds. The second-order valence-corrected chi connectivity index (χ2v) is 8.71. The molecule has 2 aliphatic rings. The van der Waals surface area contributed by atoms with Crippen molar-refractivity contribution in [3.05, 3.63) is 59.7 Å². The van der Waals surface area contributed by atoms with Gasteiger partial charge in [0.2, 0.25) is 5.91 Å². The highest BCUT2D eigenvalue weighted by molar-refractivity contribution is 5.81. The first-order valence-corrected chi connectivity index (χ1v) is 11.2. The van der Waals surface area contributed by atoms with Gasteiger partial charge in [-0.25, -0.2) is 13.6 Å². The zero-order valence-corrected chi connectivity index (χ0v) is 18.7. The summed E-state index contributed by atoms with van der Waals surface area (Å²) in [5, 5.41) is 11.6. The van der Waals surface area contributed by atoms with Crippen LogP contribution in [0.1, 0.15) is 36.8 Å². The summed E-state index contributed by atoms with van der Waals surface area (Å²) in [5.41, 5.74) is 4.35. The largest absolute Gasteiger partial charge is 0.481 e. The molecule has 1 fully saturated rings. The Bertz CT molecular complexity index is 1060. The van der Waals surface area contributed by atoms with Gasteiger partial charge in [-0.1, -0.05) is 55.5 Å². The molecular formula is C25H26F2N2O5. The van der Waals surface area contributed by atoms with E-state index in [9.17, 15) is 23.2 Å². The number of amides is 2. The molecule has 2 N–H and O–H groups in total. The van der Waals surface area contributed by atoms with Crippen molar-refractivity contribution in [3.63, 3.8) is 0 Å². The van der Waals surface area contributed by atoms with E-state index in [2.05, 4.69) is 5.32 Å². The van der Waals surface area contributed by atoms with Gasteiger partial charge >= 0.3 is 12.1 Å². The van der Waals surface area contributed by atoms with Crippen LogP contribution in [0.5, 0.6) is 0 Å². The van der Waals surface area contributed by atoms with Gasteiger partial charge in [0, 0.05) is 24.9 Å². The SMILES string of the molecule is CCC(CC(=O)N1CC(C(=O)O)C(F)(F)C1)NC(=O)OCC1c2ccccc2-c2ccccc21. The number of carboxylic acid groups (broad SMARTS) is 1. The number of nitrogens with zero attached hydrogens (tertiary/aromatic N) is 1. The third kappa shape index (κ3) is 4.60. The van der Waals surface area contributed by atoms with Gasteiger partial charge < -0.3 is 20.1 Å². The minimum atomic E-state index is -3.48. The van der Waals surface area contributed by atoms with Gasteiger partial charge in [-0.3, -0.25) is 9.59 Å². The molecule has 1 aliphatic carbocycles. The Kier molecular flexibility index (Phi) is 6.54. The number of carbonyl (C=O) groups excluding carboxylic acids is 2. The molecule has 34 heavy (non-hydrogen) atoms. The Morgan fingerprint density at radius 2 is 1.71 bits per heavy atom. The fourth-order valence-electron chi connectivity index (χ4n) is 4.68. The van der Waals surface area contributed by atoms with Crippen LogP contribution in [-0.4, -0.2) is 59.6 Å². The number of ether oxygens (including phenoxy) is 1. The molecule has 1 aliphatic heterocycles. The van der Waals surface area contributed by atoms with E-state index in [1.807, 2.05) is 48.5 Å². The molecule has 2 atom stereocenters. The molecule has 2 aromatic rings. The lowest BCUT2D eigenvalue weighted by Crippen LogP contribution is -2.41. The van der Waals surface area contributed by atoms with Crippen LogP contribution in [0.4, 0.5) is 13.6 Å². The number of fused-ring (bicyclic) bond motifs is 3. The van der Waals surface area contributed by atoms with E-state index in [1.54, 1.807) is 6.92 Å². The summed E-state index contributed by atoms with van der Waals surface area (Å²) in [5.74, 6) is -7.78. The quantitative estimate of drug-likeness (QED) is 0.638. The number of carbonyl (C=O) groups is 3. The maximum absolute atomic E-state index is 13.9. The van der Waals surface area contributed by atoms with Crippen molar-refractivity contribution >= 4 is 18.0 Å². The number of alkyl carbamates (subject to hydrolysis) is 1. The predicted octanol–water partition coefficient (Wildman–Crippen LogP) is 3.87. The Labute approximate surface area is 195 Å². The number of aliphatic carboxylic acids is 1. The third-order valence-electron chi connectivity index (χ3n) is 6.54. The fourth-order valence-corrected chi connectivity index (χ4v) is 4.68. The maximum atomic E-state index is 13.9. The second kappa shape index (κ2) is 9.40. The molecule has 1 saturated heterocycles. The van der Waals surface area contributed by atoms with Gasteiger partial charge in [0.05, 0.1) is 6.54 Å². The lowest BCUT2D eigenvalue weighted by molar-refractivity contribution is -0.151. The summed E-state index contributed by atoms with van der Waals surface area (Å²) in [6, 6.07) is 15.2. The summed E-state index contributed by atoms with van der Waals surface area (Å²) < 4.78 is 33.3. The Hall–Kier alpha value is -3.49. The Balaban J connectivity index is 1.34. The van der Waals surface area contributed by atoms with Gasteiger partial charge in [0.15, 0.2) is 0 Å². The van der Waals surface area contributed by atoms with E-state index in [-0.39, 0.29) is 18.9 Å². The molecule has 0 saturated carbocycles. The Morgan fingerprint density at radius 1 is 1.12 bits per heavy atom. The van der Waals surface area contributed by atoms with E-state index < -0.39 is 48.9 Å². The van der Waals surface area contributed by atoms with Crippen LogP contribution in [-0.2, 0) is 14.3 Å². The van der Waals surface area contributed by atoms with Gasteiger partial charge in [0.1, 0.15) is 12.5 Å². The fraction of sp³-hybridized carbons (Fsp3) is 0.400. The van der Waals surface area contributed by atoms with Crippen LogP contribution in [0, 0.1) is 5.92 Å². The van der Waals surface area contributed by atoms with Crippen molar-refractivity contribution in [1.29, 1.82) is 0 Å². The number of rotatable bonds is 7. The molecule has 180 valence electrons. The van der Waals surface area contributed by atoms with Crippen LogP contribution in [0.3, 0.4) is 0 Å². The topological polar surface area (TPSA) is 95.9 Å². The zero-order valence-electron chi connectivity index (χ0n) is 18.7. The lowest BCUT2D eigenvalue weighted by Gasteiger charge is -2.21. The first-order valence-electron chi connectivity index (χ1n) is 11.2. The molecule has 0 spiro atoms. The van der Waals surface area contributed by atoms with Gasteiger partial charge in [-0.05, 0) is 28.7 Å². The average Bonchev–Trinajstić information content (AvgIpc) is 3.31. The molecule has 2 aromatic carbocycles. The molecule has 9 heteroatoms. The van der Waals surface area contributed by atoms with Crippen LogP contribution in [0.25, 0.3) is 11.1 Å². The van der Waals surface area contributed by atoms with Crippen molar-refractivity contribution in [2.24, 2.45) is 5.92 Å². The minimum Gasteiger partial charge on any atom is -0.481 e. The summed E-state index contributed by atoms with van der Waals surface area (Å²) in [6.07, 6.45) is -0.539. The van der Waals surface area contributed by atoms with E-state index in [1.165, 1.54) is 0 Å². The molecule has 0 radical (unpaired) electrons. The zero-order chi connectivity index (χ0) is 24.5. The molecule has 2 unspecified atom stereocenters. The molecule has 0 bridgehead atoms. The number of nitrogens with one attached hydrogen (secondary N) is 1.